The molecule has 0 spiro atoms. The number of aryl methyl sites for hydroxylation is 1. The van der Waals surface area contributed by atoms with E-state index in [1.54, 1.807) is 11.8 Å². The van der Waals surface area contributed by atoms with Crippen LogP contribution < -0.4 is 0 Å². The van der Waals surface area contributed by atoms with Gasteiger partial charge in [0.1, 0.15) is 0 Å². The Balaban J connectivity index is 2.38. The molecule has 0 aliphatic carbocycles. The molecule has 1 N–H and O–H groups in total. The van der Waals surface area contributed by atoms with E-state index in [2.05, 4.69) is 32.3 Å². The van der Waals surface area contributed by atoms with E-state index >= 15 is 0 Å². The summed E-state index contributed by atoms with van der Waals surface area (Å²) in [4.78, 5) is 8.62. The van der Waals surface area contributed by atoms with Gasteiger partial charge in [-0.25, -0.2) is 4.98 Å². The van der Waals surface area contributed by atoms with Gasteiger partial charge in [0.05, 0.1) is 5.69 Å². The van der Waals surface area contributed by atoms with E-state index in [1.165, 1.54) is 0 Å². The summed E-state index contributed by atoms with van der Waals surface area (Å²) in [6, 6.07) is 0. The summed E-state index contributed by atoms with van der Waals surface area (Å²) >= 11 is 1.65. The average Bonchev–Trinajstić information content (AvgIpc) is 2.63. The third kappa shape index (κ3) is 1.70. The van der Waals surface area contributed by atoms with E-state index < -0.39 is 0 Å². The van der Waals surface area contributed by atoms with Crippen molar-refractivity contribution in [3.05, 3.63) is 5.69 Å². The predicted octanol–water partition coefficient (Wildman–Crippen LogP) is 1.56. The van der Waals surface area contributed by atoms with Crippen LogP contribution in [0.4, 0.5) is 0 Å². The molecule has 0 aliphatic rings. The van der Waals surface area contributed by atoms with Crippen molar-refractivity contribution in [3.63, 3.8) is 0 Å². The van der Waals surface area contributed by atoms with Crippen LogP contribution in [0.1, 0.15) is 19.0 Å². The van der Waals surface area contributed by atoms with Crippen LogP contribution in [0.15, 0.2) is 5.16 Å². The number of rotatable bonds is 3. The van der Waals surface area contributed by atoms with E-state index in [4.69, 9.17) is 0 Å². The number of aromatic amines is 1. The Morgan fingerprint density at radius 2 is 2.14 bits per heavy atom. The zero-order valence-electron chi connectivity index (χ0n) is 8.11. The van der Waals surface area contributed by atoms with Crippen molar-refractivity contribution in [2.45, 2.75) is 25.4 Å². The van der Waals surface area contributed by atoms with Gasteiger partial charge < -0.3 is 0 Å². The van der Waals surface area contributed by atoms with Gasteiger partial charge in [0, 0.05) is 5.75 Å². The van der Waals surface area contributed by atoms with Crippen molar-refractivity contribution < 1.29 is 0 Å². The van der Waals surface area contributed by atoms with Crippen molar-refractivity contribution in [2.24, 2.45) is 0 Å². The first kappa shape index (κ1) is 9.39. The summed E-state index contributed by atoms with van der Waals surface area (Å²) in [6.45, 7) is 4.05. The zero-order valence-corrected chi connectivity index (χ0v) is 8.93. The summed E-state index contributed by atoms with van der Waals surface area (Å²) < 4.78 is 0. The predicted molar refractivity (Wildman–Crippen MR) is 55.2 cm³/mol. The van der Waals surface area contributed by atoms with Crippen molar-refractivity contribution in [1.29, 1.82) is 0 Å². The van der Waals surface area contributed by atoms with Gasteiger partial charge in [0.2, 0.25) is 5.65 Å². The SMILES string of the molecule is CCCSc1nc(C)c2n[nH]nc2n1. The van der Waals surface area contributed by atoms with Gasteiger partial charge in [-0.2, -0.15) is 15.3 Å². The third-order valence-corrected chi connectivity index (χ3v) is 2.83. The van der Waals surface area contributed by atoms with Crippen LogP contribution in [0, 0.1) is 6.92 Å². The monoisotopic (exact) mass is 209 g/mol. The summed E-state index contributed by atoms with van der Waals surface area (Å²) in [5, 5.41) is 11.3. The van der Waals surface area contributed by atoms with E-state index in [0.717, 1.165) is 28.5 Å². The van der Waals surface area contributed by atoms with Gasteiger partial charge in [-0.05, 0) is 13.3 Å². The van der Waals surface area contributed by atoms with Crippen molar-refractivity contribution in [1.82, 2.24) is 25.4 Å². The molecule has 0 aromatic carbocycles. The maximum Gasteiger partial charge on any atom is 0.205 e. The Morgan fingerprint density at radius 1 is 1.29 bits per heavy atom. The van der Waals surface area contributed by atoms with Crippen LogP contribution in [0.3, 0.4) is 0 Å². The van der Waals surface area contributed by atoms with Gasteiger partial charge in [0.15, 0.2) is 10.7 Å². The topological polar surface area (TPSA) is 67.3 Å². The molecule has 0 amide bonds. The highest BCUT2D eigenvalue weighted by Gasteiger charge is 2.07. The average molecular weight is 209 g/mol. The number of aromatic nitrogens is 5. The highest BCUT2D eigenvalue weighted by Crippen LogP contribution is 2.17. The Kier molecular flexibility index (Phi) is 2.62. The van der Waals surface area contributed by atoms with Crippen LogP contribution in [0.25, 0.3) is 11.2 Å². The maximum absolute atomic E-state index is 4.34. The number of H-pyrrole nitrogens is 1. The molecule has 0 unspecified atom stereocenters. The lowest BCUT2D eigenvalue weighted by molar-refractivity contribution is 0.941. The molecule has 0 radical (unpaired) electrons. The number of nitrogens with one attached hydrogen (secondary N) is 1. The van der Waals surface area contributed by atoms with E-state index in [1.807, 2.05) is 6.92 Å². The largest absolute Gasteiger partial charge is 0.225 e. The second kappa shape index (κ2) is 3.91. The minimum Gasteiger partial charge on any atom is -0.225 e. The van der Waals surface area contributed by atoms with Gasteiger partial charge in [0.25, 0.3) is 0 Å². The first-order valence-electron chi connectivity index (χ1n) is 4.49. The van der Waals surface area contributed by atoms with Crippen LogP contribution >= 0.6 is 11.8 Å². The Hall–Kier alpha value is -1.17. The lowest BCUT2D eigenvalue weighted by atomic mass is 10.4. The van der Waals surface area contributed by atoms with Crippen LogP contribution in [0.5, 0.6) is 0 Å². The molecule has 0 aliphatic heterocycles. The maximum atomic E-state index is 4.34. The number of fused-ring (bicyclic) bond motifs is 1. The summed E-state index contributed by atoms with van der Waals surface area (Å²) in [7, 11) is 0. The molecule has 74 valence electrons. The highest BCUT2D eigenvalue weighted by atomic mass is 32.2. The lowest BCUT2D eigenvalue weighted by Gasteiger charge is -1.98. The van der Waals surface area contributed by atoms with Gasteiger partial charge in [-0.15, -0.1) is 5.10 Å². The molecule has 6 heteroatoms. The quantitative estimate of drug-likeness (QED) is 0.613. The fraction of sp³-hybridized carbons (Fsp3) is 0.500. The van der Waals surface area contributed by atoms with Crippen LogP contribution in [-0.4, -0.2) is 31.1 Å². The van der Waals surface area contributed by atoms with Gasteiger partial charge in [-0.3, -0.25) is 0 Å². The fourth-order valence-electron chi connectivity index (χ4n) is 1.12. The molecule has 2 aromatic heterocycles. The van der Waals surface area contributed by atoms with Crippen LogP contribution in [-0.2, 0) is 0 Å². The second-order valence-electron chi connectivity index (χ2n) is 2.94. The Bertz CT molecular complexity index is 438. The smallest absolute Gasteiger partial charge is 0.205 e. The molecule has 0 fully saturated rings. The molecule has 0 bridgehead atoms. The molecule has 0 saturated heterocycles. The van der Waals surface area contributed by atoms with Crippen molar-refractivity contribution in [3.8, 4) is 0 Å². The summed E-state index contributed by atoms with van der Waals surface area (Å²) in [5.74, 6) is 1.03. The number of hydrogen-bond donors (Lipinski definition) is 1. The van der Waals surface area contributed by atoms with Crippen molar-refractivity contribution in [2.75, 3.05) is 5.75 Å². The first-order valence-corrected chi connectivity index (χ1v) is 5.47. The second-order valence-corrected chi connectivity index (χ2v) is 4.00. The Labute approximate surface area is 85.7 Å². The Morgan fingerprint density at radius 3 is 2.93 bits per heavy atom. The molecule has 5 nitrogen and oxygen atoms in total. The first-order chi connectivity index (χ1) is 6.81. The minimum absolute atomic E-state index is 0.649. The lowest BCUT2D eigenvalue weighted by Crippen LogP contribution is -1.92. The van der Waals surface area contributed by atoms with E-state index in [0.29, 0.717) is 5.65 Å². The number of thioether (sulfide) groups is 1. The number of nitrogens with zero attached hydrogens (tertiary/aromatic N) is 4. The van der Waals surface area contributed by atoms with Gasteiger partial charge in [-0.1, -0.05) is 18.7 Å². The molecule has 0 atom stereocenters. The van der Waals surface area contributed by atoms with E-state index in [-0.39, 0.29) is 0 Å². The molecular weight excluding hydrogens is 198 g/mol. The standard InChI is InChI=1S/C8H11N5S/c1-3-4-14-8-9-5(2)6-7(10-8)12-13-11-6/h3-4H2,1-2H3,(H,9,10,11,12,13). The number of hydrogen-bond acceptors (Lipinski definition) is 5. The highest BCUT2D eigenvalue weighted by molar-refractivity contribution is 7.99. The van der Waals surface area contributed by atoms with E-state index in [9.17, 15) is 0 Å². The molecule has 0 saturated carbocycles. The fourth-order valence-corrected chi connectivity index (χ4v) is 1.86. The van der Waals surface area contributed by atoms with Crippen molar-refractivity contribution >= 4 is 22.9 Å². The molecule has 2 aromatic rings. The molecular formula is C8H11N5S. The van der Waals surface area contributed by atoms with Crippen LogP contribution in [0.2, 0.25) is 0 Å². The zero-order chi connectivity index (χ0) is 9.97. The minimum atomic E-state index is 0.649. The van der Waals surface area contributed by atoms with Gasteiger partial charge >= 0.3 is 0 Å². The third-order valence-electron chi connectivity index (χ3n) is 1.77. The molecule has 2 rings (SSSR count). The summed E-state index contributed by atoms with van der Waals surface area (Å²) in [6.07, 6.45) is 1.12. The summed E-state index contributed by atoms with van der Waals surface area (Å²) in [5.41, 5.74) is 2.28. The normalized spacial score (nSPS) is 11.0. The molecule has 2 heterocycles. The molecule has 14 heavy (non-hydrogen) atoms.